The molecule has 0 aromatic carbocycles. The summed E-state index contributed by atoms with van der Waals surface area (Å²) < 4.78 is 0. The lowest BCUT2D eigenvalue weighted by molar-refractivity contribution is -0.131. The Bertz CT molecular complexity index is 742. The second kappa shape index (κ2) is 6.70. The number of hydrogen-bond donors (Lipinski definition) is 1. The largest absolute Gasteiger partial charge is 0.331 e. The first kappa shape index (κ1) is 19.7. The first-order valence-corrected chi connectivity index (χ1v) is 10.9. The van der Waals surface area contributed by atoms with Gasteiger partial charge in [-0.05, 0) is 79.6 Å². The molecule has 0 spiro atoms. The van der Waals surface area contributed by atoms with Crippen LogP contribution in [0, 0.1) is 34.5 Å². The lowest BCUT2D eigenvalue weighted by Crippen LogP contribution is -2.52. The Labute approximate surface area is 168 Å². The molecule has 0 radical (unpaired) electrons. The van der Waals surface area contributed by atoms with Crippen LogP contribution in [-0.2, 0) is 9.59 Å². The second-order valence-electron chi connectivity index (χ2n) is 10.3. The molecule has 4 aliphatic rings. The van der Waals surface area contributed by atoms with Crippen LogP contribution >= 0.6 is 0 Å². The van der Waals surface area contributed by atoms with E-state index in [1.54, 1.807) is 14.1 Å². The van der Waals surface area contributed by atoms with Gasteiger partial charge in [0.25, 0.3) is 0 Å². The van der Waals surface area contributed by atoms with Crippen LogP contribution in [-0.4, -0.2) is 36.7 Å². The van der Waals surface area contributed by atoms with E-state index >= 15 is 0 Å². The standard InChI is InChI=1S/C23H34N2O3/c1-22-11-9-15(26)13-14(22)5-6-16-17-7-8-19(20(27)24-21(28)25(3)4)23(17,2)12-10-18(16)22/h13,16-19H,5-12H2,1-4H3,(H,24,27,28)/t16-,17-,18+,19?,22-,23-/m0/s1. The Hall–Kier alpha value is -1.65. The summed E-state index contributed by atoms with van der Waals surface area (Å²) in [6.45, 7) is 4.68. The predicted octanol–water partition coefficient (Wildman–Crippen LogP) is 3.93. The monoisotopic (exact) mass is 386 g/mol. The highest BCUT2D eigenvalue weighted by atomic mass is 16.2. The van der Waals surface area contributed by atoms with Crippen LogP contribution in [0.5, 0.6) is 0 Å². The van der Waals surface area contributed by atoms with Crippen molar-refractivity contribution >= 4 is 17.7 Å². The molecule has 28 heavy (non-hydrogen) atoms. The Morgan fingerprint density at radius 2 is 1.79 bits per heavy atom. The molecule has 0 aromatic rings. The van der Waals surface area contributed by atoms with E-state index in [0.29, 0.717) is 30.0 Å². The molecule has 1 N–H and O–H groups in total. The molecule has 6 atom stereocenters. The number of carbonyl (C=O) groups excluding carboxylic acids is 3. The zero-order valence-corrected chi connectivity index (χ0v) is 17.7. The minimum atomic E-state index is -0.322. The Kier molecular flexibility index (Phi) is 4.71. The van der Waals surface area contributed by atoms with Crippen LogP contribution in [0.15, 0.2) is 11.6 Å². The fraction of sp³-hybridized carbons (Fsp3) is 0.783. The lowest BCUT2D eigenvalue weighted by atomic mass is 9.47. The highest BCUT2D eigenvalue weighted by molar-refractivity contribution is 5.95. The molecule has 5 heteroatoms. The fourth-order valence-corrected chi connectivity index (χ4v) is 7.29. The number of nitrogens with one attached hydrogen (secondary N) is 1. The van der Waals surface area contributed by atoms with E-state index in [1.165, 1.54) is 10.5 Å². The molecule has 3 amide bonds. The van der Waals surface area contributed by atoms with Crippen LogP contribution in [0.3, 0.4) is 0 Å². The van der Waals surface area contributed by atoms with Crippen molar-refractivity contribution in [2.75, 3.05) is 14.1 Å². The molecule has 4 aliphatic carbocycles. The summed E-state index contributed by atoms with van der Waals surface area (Å²) in [6, 6.07) is -0.322. The number of nitrogens with zero attached hydrogens (tertiary/aromatic N) is 1. The third kappa shape index (κ3) is 2.84. The van der Waals surface area contributed by atoms with Gasteiger partial charge in [0.2, 0.25) is 5.91 Å². The maximum atomic E-state index is 12.9. The predicted molar refractivity (Wildman–Crippen MR) is 107 cm³/mol. The molecule has 154 valence electrons. The van der Waals surface area contributed by atoms with E-state index in [2.05, 4.69) is 19.2 Å². The van der Waals surface area contributed by atoms with Crippen molar-refractivity contribution < 1.29 is 14.4 Å². The van der Waals surface area contributed by atoms with Gasteiger partial charge in [0.05, 0.1) is 0 Å². The lowest BCUT2D eigenvalue weighted by Gasteiger charge is -2.58. The highest BCUT2D eigenvalue weighted by Gasteiger charge is 2.60. The fourth-order valence-electron chi connectivity index (χ4n) is 7.29. The average Bonchev–Trinajstić information content (AvgIpc) is 2.99. The molecule has 4 rings (SSSR count). The number of amides is 3. The van der Waals surface area contributed by atoms with Crippen molar-refractivity contribution in [3.05, 3.63) is 11.6 Å². The number of imide groups is 1. The van der Waals surface area contributed by atoms with Crippen molar-refractivity contribution in [3.63, 3.8) is 0 Å². The maximum absolute atomic E-state index is 12.9. The molecule has 0 bridgehead atoms. The first-order valence-electron chi connectivity index (χ1n) is 10.9. The van der Waals surface area contributed by atoms with Gasteiger partial charge in [-0.15, -0.1) is 0 Å². The van der Waals surface area contributed by atoms with Crippen molar-refractivity contribution in [3.8, 4) is 0 Å². The van der Waals surface area contributed by atoms with Crippen LogP contribution < -0.4 is 5.32 Å². The number of allylic oxidation sites excluding steroid dienone is 1. The molecule has 1 unspecified atom stereocenters. The number of hydrogen-bond acceptors (Lipinski definition) is 3. The summed E-state index contributed by atoms with van der Waals surface area (Å²) in [5.41, 5.74) is 1.54. The SMILES string of the molecule is CN(C)C(=O)NC(=O)C1CC[C@H]2[C@@H]3CCC4=CC(=O)CC[C@]4(C)[C@@H]3CC[C@]12C. The van der Waals surface area contributed by atoms with Gasteiger partial charge in [-0.25, -0.2) is 4.79 Å². The van der Waals surface area contributed by atoms with Crippen LogP contribution in [0.4, 0.5) is 4.79 Å². The third-order valence-electron chi connectivity index (χ3n) is 8.91. The van der Waals surface area contributed by atoms with E-state index in [1.807, 2.05) is 6.08 Å². The Morgan fingerprint density at radius 1 is 1.04 bits per heavy atom. The van der Waals surface area contributed by atoms with E-state index in [0.717, 1.165) is 44.9 Å². The topological polar surface area (TPSA) is 66.5 Å². The van der Waals surface area contributed by atoms with Gasteiger partial charge in [0, 0.05) is 26.4 Å². The van der Waals surface area contributed by atoms with Crippen LogP contribution in [0.1, 0.15) is 65.2 Å². The van der Waals surface area contributed by atoms with Gasteiger partial charge >= 0.3 is 6.03 Å². The molecule has 3 saturated carbocycles. The third-order valence-corrected chi connectivity index (χ3v) is 8.91. The van der Waals surface area contributed by atoms with Gasteiger partial charge in [0.15, 0.2) is 5.78 Å². The summed E-state index contributed by atoms with van der Waals surface area (Å²) in [5.74, 6) is 1.95. The summed E-state index contributed by atoms with van der Waals surface area (Å²) in [5, 5.41) is 2.61. The minimum absolute atomic E-state index is 0.0140. The van der Waals surface area contributed by atoms with Crippen molar-refractivity contribution in [1.82, 2.24) is 10.2 Å². The quantitative estimate of drug-likeness (QED) is 0.742. The van der Waals surface area contributed by atoms with Crippen LogP contribution in [0.25, 0.3) is 0 Å². The van der Waals surface area contributed by atoms with Gasteiger partial charge in [-0.3, -0.25) is 14.9 Å². The maximum Gasteiger partial charge on any atom is 0.323 e. The number of rotatable bonds is 1. The van der Waals surface area contributed by atoms with Crippen molar-refractivity contribution in [2.24, 2.45) is 34.5 Å². The molecule has 3 fully saturated rings. The van der Waals surface area contributed by atoms with Gasteiger partial charge in [-0.2, -0.15) is 0 Å². The van der Waals surface area contributed by atoms with Gasteiger partial charge < -0.3 is 4.90 Å². The molecule has 0 aliphatic heterocycles. The molecular weight excluding hydrogens is 352 g/mol. The van der Waals surface area contributed by atoms with E-state index in [4.69, 9.17) is 0 Å². The highest BCUT2D eigenvalue weighted by Crippen LogP contribution is 2.66. The van der Waals surface area contributed by atoms with Gasteiger partial charge in [0.1, 0.15) is 0 Å². The number of urea groups is 1. The normalized spacial score (nSPS) is 42.0. The second-order valence-corrected chi connectivity index (χ2v) is 10.3. The van der Waals surface area contributed by atoms with E-state index in [-0.39, 0.29) is 28.7 Å². The van der Waals surface area contributed by atoms with Crippen molar-refractivity contribution in [1.29, 1.82) is 0 Å². The average molecular weight is 387 g/mol. The Morgan fingerprint density at radius 3 is 2.50 bits per heavy atom. The van der Waals surface area contributed by atoms with Crippen LogP contribution in [0.2, 0.25) is 0 Å². The summed E-state index contributed by atoms with van der Waals surface area (Å²) in [6.07, 6.45) is 9.94. The smallest absolute Gasteiger partial charge is 0.323 e. The minimum Gasteiger partial charge on any atom is -0.331 e. The first-order chi connectivity index (χ1) is 13.2. The molecular formula is C23H34N2O3. The zero-order valence-electron chi connectivity index (χ0n) is 17.7. The number of carbonyl (C=O) groups is 3. The molecule has 0 heterocycles. The Balaban J connectivity index is 1.56. The van der Waals surface area contributed by atoms with Gasteiger partial charge in [-0.1, -0.05) is 19.4 Å². The molecule has 5 nitrogen and oxygen atoms in total. The zero-order chi connectivity index (χ0) is 20.3. The summed E-state index contributed by atoms with van der Waals surface area (Å²) in [4.78, 5) is 38.3. The summed E-state index contributed by atoms with van der Waals surface area (Å²) >= 11 is 0. The number of fused-ring (bicyclic) bond motifs is 5. The molecule has 0 aromatic heterocycles. The van der Waals surface area contributed by atoms with E-state index < -0.39 is 0 Å². The summed E-state index contributed by atoms with van der Waals surface area (Å²) in [7, 11) is 3.32. The number of ketones is 1. The van der Waals surface area contributed by atoms with Crippen molar-refractivity contribution in [2.45, 2.75) is 65.2 Å². The van der Waals surface area contributed by atoms with E-state index in [9.17, 15) is 14.4 Å². The molecule has 0 saturated heterocycles.